The molecule has 3 N–H and O–H groups in total. The lowest BCUT2D eigenvalue weighted by Gasteiger charge is -2.19. The first-order valence-corrected chi connectivity index (χ1v) is 11.9. The monoisotopic (exact) mass is 461 g/mol. The Morgan fingerprint density at radius 2 is 1.88 bits per heavy atom. The Labute approximate surface area is 202 Å². The number of hydrogen-bond donors (Lipinski definition) is 3. The molecule has 2 atom stereocenters. The van der Waals surface area contributed by atoms with Gasteiger partial charge in [-0.05, 0) is 71.8 Å². The molecule has 1 unspecified atom stereocenters. The van der Waals surface area contributed by atoms with Crippen LogP contribution in [0, 0.1) is 4.91 Å². The number of aromatic hydroxyl groups is 2. The van der Waals surface area contributed by atoms with Gasteiger partial charge in [-0.15, -0.1) is 4.91 Å². The van der Waals surface area contributed by atoms with Gasteiger partial charge in [0.1, 0.15) is 5.70 Å². The predicted molar refractivity (Wildman–Crippen MR) is 140 cm³/mol. The molecular formula is C29H35NO4. The molecule has 0 aromatic heterocycles. The lowest BCUT2D eigenvalue weighted by molar-refractivity contribution is 0.230. The highest BCUT2D eigenvalue weighted by molar-refractivity contribution is 5.86. The molecule has 5 heteroatoms. The highest BCUT2D eigenvalue weighted by Gasteiger charge is 2.31. The van der Waals surface area contributed by atoms with E-state index in [0.29, 0.717) is 0 Å². The molecule has 0 saturated carbocycles. The van der Waals surface area contributed by atoms with Crippen LogP contribution in [-0.2, 0) is 0 Å². The third-order valence-corrected chi connectivity index (χ3v) is 5.63. The summed E-state index contributed by atoms with van der Waals surface area (Å²) in [7, 11) is 0. The lowest BCUT2D eigenvalue weighted by Crippen LogP contribution is -2.02. The van der Waals surface area contributed by atoms with Gasteiger partial charge in [-0.25, -0.2) is 0 Å². The molecule has 2 aliphatic rings. The highest BCUT2D eigenvalue weighted by Crippen LogP contribution is 2.50. The van der Waals surface area contributed by atoms with Gasteiger partial charge in [-0.3, -0.25) is 0 Å². The number of hydrogen-bond acceptors (Lipinski definition) is 5. The summed E-state index contributed by atoms with van der Waals surface area (Å²) in [5.41, 5.74) is 6.53. The first-order chi connectivity index (χ1) is 16.5. The van der Waals surface area contributed by atoms with Gasteiger partial charge < -0.3 is 15.3 Å². The first-order valence-electron chi connectivity index (χ1n) is 11.9. The molecule has 0 radical (unpaired) electrons. The molecule has 2 aromatic rings. The van der Waals surface area contributed by atoms with Crippen LogP contribution in [0.5, 0.6) is 11.5 Å². The van der Waals surface area contributed by atoms with Crippen molar-refractivity contribution >= 4 is 5.57 Å². The van der Waals surface area contributed by atoms with Gasteiger partial charge in [0, 0.05) is 5.92 Å². The molecule has 5 nitrogen and oxygen atoms in total. The average molecular weight is 462 g/mol. The predicted octanol–water partition coefficient (Wildman–Crippen LogP) is 7.36. The van der Waals surface area contributed by atoms with Gasteiger partial charge in [-0.1, -0.05) is 81.0 Å². The second-order valence-electron chi connectivity index (χ2n) is 7.84. The number of fused-ring (bicyclic) bond motifs is 2. The van der Waals surface area contributed by atoms with Crippen LogP contribution in [0.4, 0.5) is 0 Å². The van der Waals surface area contributed by atoms with E-state index in [1.165, 1.54) is 35.3 Å². The largest absolute Gasteiger partial charge is 0.504 e. The standard InChI is InChI=1S/C19H16O2.C8H13NO2.C2H6/c20-17-10-9-12(11-18(17)21)19-15-7-3-1-5-13(15)14-6-2-4-8-16(14)19;1-3-4-5-6-8(9-11)7(2)10;1-2/h1-3,5-7,9-11,19-21H,4,8H2;4-7,10H,3H2,1-2H3;1-2H3/b;5-4-,8-6+;/t19-;;/m0../s1. The van der Waals surface area contributed by atoms with Crippen LogP contribution in [0.15, 0.2) is 89.3 Å². The Bertz CT molecular complexity index is 1090. The zero-order chi connectivity index (χ0) is 25.1. The Balaban J connectivity index is 0.000000270. The Hall–Kier alpha value is -3.44. The molecule has 34 heavy (non-hydrogen) atoms. The summed E-state index contributed by atoms with van der Waals surface area (Å²) in [6.07, 6.45) is 11.8. The van der Waals surface area contributed by atoms with Crippen molar-refractivity contribution < 1.29 is 15.3 Å². The number of benzene rings is 2. The SMILES string of the molecule is CC.CC/C=C\C=C(\N=O)C(C)O.Oc1ccc([C@@H]2C3=C(C=CCC3)c3ccccc32)cc1O. The number of aliphatic hydroxyl groups excluding tert-OH is 1. The summed E-state index contributed by atoms with van der Waals surface area (Å²) < 4.78 is 0. The summed E-state index contributed by atoms with van der Waals surface area (Å²) in [5.74, 6) is 0.0702. The fourth-order valence-corrected chi connectivity index (χ4v) is 4.08. The third-order valence-electron chi connectivity index (χ3n) is 5.63. The lowest BCUT2D eigenvalue weighted by atomic mass is 9.85. The fraction of sp³-hybridized carbons (Fsp3) is 0.310. The van der Waals surface area contributed by atoms with Gasteiger partial charge in [0.15, 0.2) is 11.5 Å². The minimum Gasteiger partial charge on any atom is -0.504 e. The quantitative estimate of drug-likeness (QED) is 0.246. The number of nitroso groups, excluding NO2 is 1. The molecule has 2 aliphatic carbocycles. The topological polar surface area (TPSA) is 90.1 Å². The molecule has 2 aromatic carbocycles. The van der Waals surface area contributed by atoms with Gasteiger partial charge >= 0.3 is 0 Å². The Morgan fingerprint density at radius 1 is 1.15 bits per heavy atom. The minimum atomic E-state index is -0.783. The number of nitrogens with zero attached hydrogens (tertiary/aromatic N) is 1. The van der Waals surface area contributed by atoms with Crippen molar-refractivity contribution in [3.63, 3.8) is 0 Å². The van der Waals surface area contributed by atoms with Crippen molar-refractivity contribution in [1.29, 1.82) is 0 Å². The number of phenolic OH excluding ortho intramolecular Hbond substituents is 2. The van der Waals surface area contributed by atoms with Gasteiger partial charge in [-0.2, -0.15) is 0 Å². The number of phenols is 2. The van der Waals surface area contributed by atoms with E-state index in [9.17, 15) is 15.1 Å². The molecular weight excluding hydrogens is 426 g/mol. The normalized spacial score (nSPS) is 17.2. The Morgan fingerprint density at radius 3 is 2.53 bits per heavy atom. The van der Waals surface area contributed by atoms with Crippen LogP contribution in [0.3, 0.4) is 0 Å². The zero-order valence-electron chi connectivity index (χ0n) is 20.4. The maximum Gasteiger partial charge on any atom is 0.157 e. The molecule has 0 fully saturated rings. The van der Waals surface area contributed by atoms with E-state index in [-0.39, 0.29) is 23.1 Å². The number of aliphatic hydroxyl groups is 1. The number of allylic oxidation sites excluding steroid dienone is 7. The maximum atomic E-state index is 10.0. The third kappa shape index (κ3) is 6.33. The van der Waals surface area contributed by atoms with E-state index in [0.717, 1.165) is 24.8 Å². The van der Waals surface area contributed by atoms with Crippen LogP contribution >= 0.6 is 0 Å². The Kier molecular flexibility index (Phi) is 10.5. The van der Waals surface area contributed by atoms with E-state index in [1.54, 1.807) is 18.2 Å². The van der Waals surface area contributed by atoms with E-state index >= 15 is 0 Å². The van der Waals surface area contributed by atoms with Crippen molar-refractivity contribution in [2.75, 3.05) is 0 Å². The first kappa shape index (κ1) is 26.8. The van der Waals surface area contributed by atoms with E-state index in [1.807, 2.05) is 32.9 Å². The van der Waals surface area contributed by atoms with Gasteiger partial charge in [0.2, 0.25) is 0 Å². The van der Waals surface area contributed by atoms with Crippen molar-refractivity contribution in [3.05, 3.63) is 106 Å². The number of rotatable bonds is 5. The highest BCUT2D eigenvalue weighted by atomic mass is 16.3. The maximum absolute atomic E-state index is 10.0. The minimum absolute atomic E-state index is 0.0506. The average Bonchev–Trinajstić information content (AvgIpc) is 3.20. The van der Waals surface area contributed by atoms with Crippen LogP contribution < -0.4 is 0 Å². The molecule has 0 heterocycles. The van der Waals surface area contributed by atoms with Crippen LogP contribution in [0.2, 0.25) is 0 Å². The smallest absolute Gasteiger partial charge is 0.157 e. The molecule has 180 valence electrons. The van der Waals surface area contributed by atoms with Gasteiger partial charge in [0.25, 0.3) is 0 Å². The summed E-state index contributed by atoms with van der Waals surface area (Å²) in [6.45, 7) is 7.49. The summed E-state index contributed by atoms with van der Waals surface area (Å²) in [5, 5.41) is 31.0. The fourth-order valence-electron chi connectivity index (χ4n) is 4.08. The van der Waals surface area contributed by atoms with Crippen LogP contribution in [0.25, 0.3) is 5.57 Å². The van der Waals surface area contributed by atoms with Crippen LogP contribution in [0.1, 0.15) is 69.6 Å². The molecule has 0 bridgehead atoms. The zero-order valence-corrected chi connectivity index (χ0v) is 20.4. The molecule has 0 spiro atoms. The van der Waals surface area contributed by atoms with E-state index < -0.39 is 6.10 Å². The van der Waals surface area contributed by atoms with E-state index in [2.05, 4.69) is 41.6 Å². The summed E-state index contributed by atoms with van der Waals surface area (Å²) in [6, 6.07) is 13.6. The van der Waals surface area contributed by atoms with Crippen LogP contribution in [-0.4, -0.2) is 21.4 Å². The van der Waals surface area contributed by atoms with Crippen molar-refractivity contribution in [2.24, 2.45) is 5.18 Å². The molecule has 0 amide bonds. The molecule has 4 rings (SSSR count). The van der Waals surface area contributed by atoms with E-state index in [4.69, 9.17) is 5.11 Å². The molecule has 0 aliphatic heterocycles. The van der Waals surface area contributed by atoms with Crippen molar-refractivity contribution in [2.45, 2.75) is 59.0 Å². The summed E-state index contributed by atoms with van der Waals surface area (Å²) in [4.78, 5) is 10.0. The van der Waals surface area contributed by atoms with Crippen molar-refractivity contribution in [1.82, 2.24) is 0 Å². The summed E-state index contributed by atoms with van der Waals surface area (Å²) >= 11 is 0. The second kappa shape index (κ2) is 13.3. The van der Waals surface area contributed by atoms with Gasteiger partial charge in [0.05, 0.1) is 6.10 Å². The molecule has 0 saturated heterocycles. The second-order valence-corrected chi connectivity index (χ2v) is 7.84. The van der Waals surface area contributed by atoms with Crippen molar-refractivity contribution in [3.8, 4) is 11.5 Å².